The van der Waals surface area contributed by atoms with Crippen molar-refractivity contribution in [2.45, 2.75) is 12.1 Å². The van der Waals surface area contributed by atoms with Crippen LogP contribution in [0.2, 0.25) is 0 Å². The maximum absolute atomic E-state index is 13.9. The first-order valence-corrected chi connectivity index (χ1v) is 8.28. The topological polar surface area (TPSA) is 68.1 Å². The molecule has 0 N–H and O–H groups in total. The molecule has 1 aromatic rings. The quantitative estimate of drug-likeness (QED) is 0.511. The molecule has 134 valence electrons. The first-order valence-electron chi connectivity index (χ1n) is 7.49. The van der Waals surface area contributed by atoms with Gasteiger partial charge in [0.2, 0.25) is 0 Å². The second-order valence-corrected chi connectivity index (χ2v) is 6.59. The highest BCUT2D eigenvalue weighted by Crippen LogP contribution is 2.36. The van der Waals surface area contributed by atoms with E-state index in [1.807, 2.05) is 7.05 Å². The summed E-state index contributed by atoms with van der Waals surface area (Å²) in [6.07, 6.45) is -0.127. The predicted molar refractivity (Wildman–Crippen MR) is 92.1 cm³/mol. The molecule has 1 aliphatic heterocycles. The van der Waals surface area contributed by atoms with Crippen LogP contribution < -0.4 is 4.90 Å². The molecule has 0 aromatic heterocycles. The summed E-state index contributed by atoms with van der Waals surface area (Å²) in [5.74, 6) is -0.527. The van der Waals surface area contributed by atoms with Gasteiger partial charge in [0, 0.05) is 46.0 Å². The van der Waals surface area contributed by atoms with E-state index >= 15 is 0 Å². The van der Waals surface area contributed by atoms with Crippen LogP contribution in [0.5, 0.6) is 0 Å². The molecule has 2 rings (SSSR count). The minimum Gasteiger partial charge on any atom is -0.383 e. The number of hydrogen-bond acceptors (Lipinski definition) is 6. The number of nitro groups is 1. The summed E-state index contributed by atoms with van der Waals surface area (Å²) in [7, 11) is 5.20. The Labute approximate surface area is 148 Å². The molecule has 1 aliphatic rings. The number of nitrogens with zero attached hydrogens (tertiary/aromatic N) is 3. The van der Waals surface area contributed by atoms with Crippen LogP contribution in [0.15, 0.2) is 16.6 Å². The lowest BCUT2D eigenvalue weighted by Gasteiger charge is -2.27. The molecule has 9 heteroatoms. The van der Waals surface area contributed by atoms with Crippen molar-refractivity contribution < 1.29 is 18.8 Å². The summed E-state index contributed by atoms with van der Waals surface area (Å²) >= 11 is 3.00. The summed E-state index contributed by atoms with van der Waals surface area (Å²) in [6, 6.07) is 2.44. The van der Waals surface area contributed by atoms with E-state index < -0.39 is 10.7 Å². The van der Waals surface area contributed by atoms with Crippen LogP contribution >= 0.6 is 15.9 Å². The van der Waals surface area contributed by atoms with Gasteiger partial charge in [0.15, 0.2) is 0 Å². The average Bonchev–Trinajstić information content (AvgIpc) is 2.98. The van der Waals surface area contributed by atoms with Crippen molar-refractivity contribution in [1.29, 1.82) is 0 Å². The Balaban J connectivity index is 2.27. The van der Waals surface area contributed by atoms with Crippen molar-refractivity contribution in [3.8, 4) is 0 Å². The van der Waals surface area contributed by atoms with E-state index in [9.17, 15) is 14.5 Å². The lowest BCUT2D eigenvalue weighted by atomic mass is 10.2. The van der Waals surface area contributed by atoms with Gasteiger partial charge >= 0.3 is 0 Å². The van der Waals surface area contributed by atoms with Gasteiger partial charge in [-0.1, -0.05) is 0 Å². The van der Waals surface area contributed by atoms with Crippen LogP contribution in [0.1, 0.15) is 0 Å². The van der Waals surface area contributed by atoms with Gasteiger partial charge in [-0.3, -0.25) is 15.0 Å². The molecule has 0 amide bonds. The second kappa shape index (κ2) is 8.19. The number of anilines is 1. The summed E-state index contributed by atoms with van der Waals surface area (Å²) < 4.78 is 24.6. The fourth-order valence-corrected chi connectivity index (χ4v) is 3.27. The molecule has 0 radical (unpaired) electrons. The number of hydrogen-bond donors (Lipinski definition) is 0. The van der Waals surface area contributed by atoms with Crippen molar-refractivity contribution >= 4 is 27.3 Å². The number of likely N-dealkylation sites (N-methyl/N-ethyl adjacent to an activating group) is 1. The Bertz CT molecular complexity index is 604. The van der Waals surface area contributed by atoms with Crippen LogP contribution in [0.25, 0.3) is 0 Å². The third kappa shape index (κ3) is 4.02. The molecular formula is C15H21BrFN3O4. The standard InChI is InChI=1S/C15H21BrFN3O4/c1-18(4-5-23-2)14-8-19(9-15(14)24-3)12-7-11(17)10(16)6-13(12)20(21)22/h6-7,14-15H,4-5,8-9H2,1-3H3/t14-,15-/m0/s1. The molecule has 1 saturated heterocycles. The number of benzene rings is 1. The molecule has 0 unspecified atom stereocenters. The Morgan fingerprint density at radius 1 is 1.46 bits per heavy atom. The SMILES string of the molecule is COCCN(C)[C@H]1CN(c2cc(F)c(Br)cc2[N+](=O)[O-])C[C@@H]1OC. The fourth-order valence-electron chi connectivity index (χ4n) is 2.93. The molecule has 24 heavy (non-hydrogen) atoms. The van der Waals surface area contributed by atoms with Gasteiger partial charge in [-0.2, -0.15) is 0 Å². The number of halogens is 2. The molecular weight excluding hydrogens is 385 g/mol. The monoisotopic (exact) mass is 405 g/mol. The van der Waals surface area contributed by atoms with Crippen LogP contribution in [0.4, 0.5) is 15.8 Å². The summed E-state index contributed by atoms with van der Waals surface area (Å²) in [4.78, 5) is 14.7. The minimum atomic E-state index is -0.527. The van der Waals surface area contributed by atoms with E-state index in [0.717, 1.165) is 0 Å². The van der Waals surface area contributed by atoms with Crippen molar-refractivity contribution in [2.24, 2.45) is 0 Å². The molecule has 2 atom stereocenters. The third-order valence-electron chi connectivity index (χ3n) is 4.31. The Morgan fingerprint density at radius 3 is 2.75 bits per heavy atom. The van der Waals surface area contributed by atoms with E-state index in [0.29, 0.717) is 26.2 Å². The zero-order chi connectivity index (χ0) is 17.9. The highest BCUT2D eigenvalue weighted by Gasteiger charge is 2.38. The van der Waals surface area contributed by atoms with Crippen LogP contribution in [-0.4, -0.2) is 69.5 Å². The first-order chi connectivity index (χ1) is 11.4. The van der Waals surface area contributed by atoms with Crippen molar-refractivity contribution in [3.63, 3.8) is 0 Å². The fraction of sp³-hybridized carbons (Fsp3) is 0.600. The number of nitro benzene ring substituents is 1. The Morgan fingerprint density at radius 2 is 2.17 bits per heavy atom. The summed E-state index contributed by atoms with van der Waals surface area (Å²) in [6.45, 7) is 2.27. The smallest absolute Gasteiger partial charge is 0.293 e. The molecule has 1 aromatic carbocycles. The van der Waals surface area contributed by atoms with Gasteiger partial charge in [-0.25, -0.2) is 4.39 Å². The summed E-state index contributed by atoms with van der Waals surface area (Å²) in [5.41, 5.74) is 0.142. The highest BCUT2D eigenvalue weighted by atomic mass is 79.9. The third-order valence-corrected chi connectivity index (χ3v) is 4.92. The molecule has 0 aliphatic carbocycles. The second-order valence-electron chi connectivity index (χ2n) is 5.73. The zero-order valence-corrected chi connectivity index (χ0v) is 15.5. The molecule has 1 fully saturated rings. The highest BCUT2D eigenvalue weighted by molar-refractivity contribution is 9.10. The maximum Gasteiger partial charge on any atom is 0.293 e. The lowest BCUT2D eigenvalue weighted by Crippen LogP contribution is -2.43. The van der Waals surface area contributed by atoms with Gasteiger partial charge in [-0.05, 0) is 23.0 Å². The van der Waals surface area contributed by atoms with Gasteiger partial charge in [0.1, 0.15) is 11.5 Å². The Hall–Kier alpha value is -1.29. The average molecular weight is 406 g/mol. The Kier molecular flexibility index (Phi) is 6.50. The van der Waals surface area contributed by atoms with Crippen molar-refractivity contribution in [1.82, 2.24) is 4.90 Å². The lowest BCUT2D eigenvalue weighted by molar-refractivity contribution is -0.384. The number of methoxy groups -OCH3 is 2. The summed E-state index contributed by atoms with van der Waals surface area (Å²) in [5, 5.41) is 11.3. The van der Waals surface area contributed by atoms with E-state index in [2.05, 4.69) is 20.8 Å². The molecule has 0 bridgehead atoms. The molecule has 0 saturated carbocycles. The zero-order valence-electron chi connectivity index (χ0n) is 13.9. The van der Waals surface area contributed by atoms with Gasteiger partial charge < -0.3 is 14.4 Å². The van der Waals surface area contributed by atoms with Crippen molar-refractivity contribution in [3.05, 3.63) is 32.5 Å². The van der Waals surface area contributed by atoms with Crippen molar-refractivity contribution in [2.75, 3.05) is 52.4 Å². The van der Waals surface area contributed by atoms with Gasteiger partial charge in [0.05, 0.1) is 28.1 Å². The number of ether oxygens (including phenoxy) is 2. The van der Waals surface area contributed by atoms with E-state index in [1.165, 1.54) is 12.1 Å². The molecule has 1 heterocycles. The van der Waals surface area contributed by atoms with Gasteiger partial charge in [0.25, 0.3) is 5.69 Å². The van der Waals surface area contributed by atoms with E-state index in [4.69, 9.17) is 9.47 Å². The van der Waals surface area contributed by atoms with E-state index in [-0.39, 0.29) is 28.0 Å². The maximum atomic E-state index is 13.9. The molecule has 7 nitrogen and oxygen atoms in total. The largest absolute Gasteiger partial charge is 0.383 e. The predicted octanol–water partition coefficient (Wildman–Crippen LogP) is 2.28. The van der Waals surface area contributed by atoms with E-state index in [1.54, 1.807) is 19.1 Å². The van der Waals surface area contributed by atoms with Crippen LogP contribution in [0.3, 0.4) is 0 Å². The number of rotatable bonds is 7. The first kappa shape index (κ1) is 19.0. The normalized spacial score (nSPS) is 20.8. The van der Waals surface area contributed by atoms with Gasteiger partial charge in [-0.15, -0.1) is 0 Å². The van der Waals surface area contributed by atoms with Crippen LogP contribution in [0, 0.1) is 15.9 Å². The molecule has 0 spiro atoms. The minimum absolute atomic E-state index is 0.0384. The van der Waals surface area contributed by atoms with Crippen LogP contribution in [-0.2, 0) is 9.47 Å².